The maximum absolute atomic E-state index is 12.4. The van der Waals surface area contributed by atoms with Gasteiger partial charge in [0.2, 0.25) is 0 Å². The molecule has 1 atom stereocenters. The lowest BCUT2D eigenvalue weighted by Gasteiger charge is -2.07. The summed E-state index contributed by atoms with van der Waals surface area (Å²) in [6.07, 6.45) is 1.66. The van der Waals surface area contributed by atoms with Gasteiger partial charge in [-0.3, -0.25) is 4.79 Å². The van der Waals surface area contributed by atoms with E-state index in [1.807, 2.05) is 36.4 Å². The molecule has 0 spiro atoms. The molecular formula is C17H16O2. The first-order chi connectivity index (χ1) is 9.28. The summed E-state index contributed by atoms with van der Waals surface area (Å²) < 4.78 is 5.19. The molecule has 0 radical (unpaired) electrons. The molecule has 2 heteroatoms. The van der Waals surface area contributed by atoms with Crippen LogP contribution in [0.4, 0.5) is 0 Å². The highest BCUT2D eigenvalue weighted by Crippen LogP contribution is 2.31. The zero-order valence-corrected chi connectivity index (χ0v) is 10.9. The highest BCUT2D eigenvalue weighted by atomic mass is 16.5. The number of hydrogen-bond donors (Lipinski definition) is 0. The Labute approximate surface area is 113 Å². The van der Waals surface area contributed by atoms with Gasteiger partial charge in [-0.05, 0) is 36.1 Å². The molecule has 2 aromatic carbocycles. The minimum Gasteiger partial charge on any atom is -0.497 e. The molecule has 96 valence electrons. The zero-order valence-electron chi connectivity index (χ0n) is 10.9. The van der Waals surface area contributed by atoms with Crippen molar-refractivity contribution in [2.24, 2.45) is 5.92 Å². The van der Waals surface area contributed by atoms with E-state index in [1.54, 1.807) is 7.11 Å². The Morgan fingerprint density at radius 3 is 2.68 bits per heavy atom. The van der Waals surface area contributed by atoms with E-state index in [4.69, 9.17) is 4.74 Å². The number of rotatable bonds is 3. The maximum atomic E-state index is 12.4. The molecule has 19 heavy (non-hydrogen) atoms. The number of Topliss-reactive ketones (excluding diaryl/α,β-unsaturated/α-hetero) is 1. The van der Waals surface area contributed by atoms with Gasteiger partial charge >= 0.3 is 0 Å². The van der Waals surface area contributed by atoms with E-state index in [-0.39, 0.29) is 11.7 Å². The number of carbonyl (C=O) groups is 1. The van der Waals surface area contributed by atoms with Crippen LogP contribution in [0.3, 0.4) is 0 Å². The Balaban J connectivity index is 1.83. The highest BCUT2D eigenvalue weighted by molar-refractivity contribution is 6.02. The lowest BCUT2D eigenvalue weighted by Crippen LogP contribution is -2.12. The van der Waals surface area contributed by atoms with E-state index in [0.29, 0.717) is 0 Å². The predicted molar refractivity (Wildman–Crippen MR) is 74.7 cm³/mol. The van der Waals surface area contributed by atoms with E-state index in [1.165, 1.54) is 5.56 Å². The summed E-state index contributed by atoms with van der Waals surface area (Å²) in [5, 5.41) is 0. The second-order valence-corrected chi connectivity index (χ2v) is 4.98. The van der Waals surface area contributed by atoms with E-state index in [0.717, 1.165) is 29.7 Å². The lowest BCUT2D eigenvalue weighted by molar-refractivity contribution is 0.0936. The fraction of sp³-hybridized carbons (Fsp3) is 0.235. The van der Waals surface area contributed by atoms with Crippen molar-refractivity contribution in [3.8, 4) is 5.75 Å². The summed E-state index contributed by atoms with van der Waals surface area (Å²) in [6.45, 7) is 0. The highest BCUT2D eigenvalue weighted by Gasteiger charge is 2.30. The summed E-state index contributed by atoms with van der Waals surface area (Å²) >= 11 is 0. The number of ketones is 1. The number of carbonyl (C=O) groups excluding carboxylic acids is 1. The summed E-state index contributed by atoms with van der Waals surface area (Å²) in [5.74, 6) is 1.08. The second kappa shape index (κ2) is 4.88. The van der Waals surface area contributed by atoms with Crippen LogP contribution in [-0.2, 0) is 12.8 Å². The third-order valence-electron chi connectivity index (χ3n) is 3.74. The first-order valence-electron chi connectivity index (χ1n) is 6.53. The van der Waals surface area contributed by atoms with Crippen molar-refractivity contribution in [3.05, 3.63) is 65.2 Å². The average Bonchev–Trinajstić information content (AvgIpc) is 2.76. The molecule has 2 nitrogen and oxygen atoms in total. The Morgan fingerprint density at radius 2 is 1.95 bits per heavy atom. The van der Waals surface area contributed by atoms with Crippen molar-refractivity contribution < 1.29 is 9.53 Å². The molecule has 0 aliphatic heterocycles. The third-order valence-corrected chi connectivity index (χ3v) is 3.74. The summed E-state index contributed by atoms with van der Waals surface area (Å²) in [5.41, 5.74) is 3.20. The molecule has 0 bridgehead atoms. The van der Waals surface area contributed by atoms with Crippen LogP contribution in [0.15, 0.2) is 48.5 Å². The van der Waals surface area contributed by atoms with Gasteiger partial charge in [0, 0.05) is 11.5 Å². The van der Waals surface area contributed by atoms with Gasteiger partial charge in [0.05, 0.1) is 7.11 Å². The van der Waals surface area contributed by atoms with Crippen LogP contribution in [-0.4, -0.2) is 12.9 Å². The van der Waals surface area contributed by atoms with Crippen LogP contribution in [0.25, 0.3) is 0 Å². The fourth-order valence-corrected chi connectivity index (χ4v) is 2.73. The van der Waals surface area contributed by atoms with Gasteiger partial charge in [0.15, 0.2) is 5.78 Å². The molecule has 1 aliphatic rings. The second-order valence-electron chi connectivity index (χ2n) is 4.98. The molecule has 0 saturated heterocycles. The molecule has 0 aromatic heterocycles. The van der Waals surface area contributed by atoms with E-state index in [9.17, 15) is 4.79 Å². The Hall–Kier alpha value is -2.09. The van der Waals surface area contributed by atoms with Crippen LogP contribution < -0.4 is 4.74 Å². The smallest absolute Gasteiger partial charge is 0.167 e. The Morgan fingerprint density at radius 1 is 1.16 bits per heavy atom. The maximum Gasteiger partial charge on any atom is 0.167 e. The lowest BCUT2D eigenvalue weighted by atomic mass is 9.96. The van der Waals surface area contributed by atoms with Crippen LogP contribution in [0.2, 0.25) is 0 Å². The zero-order chi connectivity index (χ0) is 13.2. The summed E-state index contributed by atoms with van der Waals surface area (Å²) in [4.78, 5) is 12.4. The van der Waals surface area contributed by atoms with Crippen molar-refractivity contribution in [2.45, 2.75) is 12.8 Å². The minimum absolute atomic E-state index is 0.0736. The molecule has 0 N–H and O–H groups in total. The third kappa shape index (κ3) is 2.26. The largest absolute Gasteiger partial charge is 0.497 e. The van der Waals surface area contributed by atoms with Gasteiger partial charge in [0.25, 0.3) is 0 Å². The van der Waals surface area contributed by atoms with Crippen molar-refractivity contribution in [1.82, 2.24) is 0 Å². The van der Waals surface area contributed by atoms with Gasteiger partial charge in [-0.2, -0.15) is 0 Å². The van der Waals surface area contributed by atoms with Crippen LogP contribution in [0, 0.1) is 5.92 Å². The molecule has 1 unspecified atom stereocenters. The number of ether oxygens (including phenoxy) is 1. The van der Waals surface area contributed by atoms with Crippen molar-refractivity contribution in [3.63, 3.8) is 0 Å². The predicted octanol–water partition coefficient (Wildman–Crippen LogP) is 3.29. The topological polar surface area (TPSA) is 26.3 Å². The molecular weight excluding hydrogens is 236 g/mol. The Kier molecular flexibility index (Phi) is 3.08. The molecule has 0 amide bonds. The Bertz CT molecular complexity index is 602. The first-order valence-corrected chi connectivity index (χ1v) is 6.53. The van der Waals surface area contributed by atoms with Crippen molar-refractivity contribution >= 4 is 5.78 Å². The normalized spacial score (nSPS) is 17.3. The van der Waals surface area contributed by atoms with Gasteiger partial charge in [-0.25, -0.2) is 0 Å². The molecule has 0 saturated carbocycles. The van der Waals surface area contributed by atoms with Crippen molar-refractivity contribution in [1.29, 1.82) is 0 Å². The van der Waals surface area contributed by atoms with Gasteiger partial charge < -0.3 is 4.74 Å². The SMILES string of the molecule is COc1ccc2c(c1)C(=O)C(Cc1ccccc1)C2. The fourth-order valence-electron chi connectivity index (χ4n) is 2.73. The van der Waals surface area contributed by atoms with E-state index in [2.05, 4.69) is 12.1 Å². The van der Waals surface area contributed by atoms with Crippen LogP contribution >= 0.6 is 0 Å². The average molecular weight is 252 g/mol. The number of hydrogen-bond acceptors (Lipinski definition) is 2. The van der Waals surface area contributed by atoms with Crippen molar-refractivity contribution in [2.75, 3.05) is 7.11 Å². The standard InChI is InChI=1S/C17H16O2/c1-19-15-8-7-13-10-14(17(18)16(13)11-15)9-12-5-3-2-4-6-12/h2-8,11,14H,9-10H2,1H3. The summed E-state index contributed by atoms with van der Waals surface area (Å²) in [6, 6.07) is 16.0. The van der Waals surface area contributed by atoms with E-state index >= 15 is 0 Å². The van der Waals surface area contributed by atoms with Crippen LogP contribution in [0.1, 0.15) is 21.5 Å². The molecule has 1 aliphatic carbocycles. The van der Waals surface area contributed by atoms with E-state index < -0.39 is 0 Å². The van der Waals surface area contributed by atoms with Crippen LogP contribution in [0.5, 0.6) is 5.75 Å². The molecule has 0 fully saturated rings. The quantitative estimate of drug-likeness (QED) is 0.837. The van der Waals surface area contributed by atoms with Gasteiger partial charge in [-0.15, -0.1) is 0 Å². The number of benzene rings is 2. The van der Waals surface area contributed by atoms with Gasteiger partial charge in [-0.1, -0.05) is 36.4 Å². The van der Waals surface area contributed by atoms with Gasteiger partial charge in [0.1, 0.15) is 5.75 Å². The molecule has 2 aromatic rings. The minimum atomic E-state index is 0.0736. The summed E-state index contributed by atoms with van der Waals surface area (Å²) in [7, 11) is 1.63. The molecule has 3 rings (SSSR count). The monoisotopic (exact) mass is 252 g/mol. The molecule has 0 heterocycles. The first kappa shape index (κ1) is 12.0. The number of fused-ring (bicyclic) bond motifs is 1. The number of methoxy groups -OCH3 is 1.